The fraction of sp³-hybridized carbons (Fsp3) is 0.250. The predicted molar refractivity (Wildman–Crippen MR) is 123 cm³/mol. The van der Waals surface area contributed by atoms with Gasteiger partial charge in [-0.25, -0.2) is 0 Å². The Morgan fingerprint density at radius 3 is 2.30 bits per heavy atom. The van der Waals surface area contributed by atoms with Gasteiger partial charge in [-0.15, -0.1) is 11.8 Å². The number of amides is 1. The zero-order chi connectivity index (χ0) is 21.5. The predicted octanol–water partition coefficient (Wildman–Crippen LogP) is 4.20. The number of ether oxygens (including phenoxy) is 1. The average molecular weight is 423 g/mol. The van der Waals surface area contributed by atoms with Crippen LogP contribution in [0.4, 0.5) is 5.69 Å². The van der Waals surface area contributed by atoms with Crippen LogP contribution in [0.25, 0.3) is 10.8 Å². The number of anilines is 1. The van der Waals surface area contributed by atoms with Gasteiger partial charge >= 0.3 is 5.97 Å². The maximum Gasteiger partial charge on any atom is 0.316 e. The Bertz CT molecular complexity index is 1020. The van der Waals surface area contributed by atoms with E-state index in [1.807, 2.05) is 79.7 Å². The standard InChI is InChI=1S/C24H26N2O3S/c1-25(2)21-11-8-18(9-12-21)15-26(3)23(27)16-29-24(28)17-30-22-13-10-19-6-4-5-7-20(19)14-22/h4-14H,15-17H2,1-3H3. The van der Waals surface area contributed by atoms with Crippen molar-refractivity contribution in [2.45, 2.75) is 11.4 Å². The Morgan fingerprint density at radius 2 is 1.60 bits per heavy atom. The molecule has 3 rings (SSSR count). The molecule has 0 aliphatic rings. The summed E-state index contributed by atoms with van der Waals surface area (Å²) in [5.74, 6) is -0.456. The van der Waals surface area contributed by atoms with Crippen LogP contribution in [-0.4, -0.2) is 50.3 Å². The van der Waals surface area contributed by atoms with Gasteiger partial charge in [-0.2, -0.15) is 0 Å². The Balaban J connectivity index is 1.43. The smallest absolute Gasteiger partial charge is 0.316 e. The highest BCUT2D eigenvalue weighted by molar-refractivity contribution is 8.00. The first-order valence-corrected chi connectivity index (χ1v) is 10.7. The molecule has 0 saturated carbocycles. The van der Waals surface area contributed by atoms with Crippen LogP contribution in [0.15, 0.2) is 71.6 Å². The molecule has 0 N–H and O–H groups in total. The maximum atomic E-state index is 12.3. The van der Waals surface area contributed by atoms with Crippen LogP contribution in [-0.2, 0) is 20.9 Å². The Kier molecular flexibility index (Phi) is 7.36. The quantitative estimate of drug-likeness (QED) is 0.402. The Labute approximate surface area is 181 Å². The summed E-state index contributed by atoms with van der Waals surface area (Å²) in [5.41, 5.74) is 2.13. The van der Waals surface area contributed by atoms with Gasteiger partial charge < -0.3 is 14.5 Å². The molecule has 0 atom stereocenters. The van der Waals surface area contributed by atoms with E-state index in [0.29, 0.717) is 6.54 Å². The highest BCUT2D eigenvalue weighted by Gasteiger charge is 2.13. The number of fused-ring (bicyclic) bond motifs is 1. The third-order valence-electron chi connectivity index (χ3n) is 4.73. The first kappa shape index (κ1) is 21.7. The van der Waals surface area contributed by atoms with Gasteiger partial charge in [-0.3, -0.25) is 9.59 Å². The lowest BCUT2D eigenvalue weighted by molar-refractivity contribution is -0.149. The van der Waals surface area contributed by atoms with Crippen LogP contribution >= 0.6 is 11.8 Å². The second kappa shape index (κ2) is 10.2. The Morgan fingerprint density at radius 1 is 0.900 bits per heavy atom. The van der Waals surface area contributed by atoms with Crippen molar-refractivity contribution >= 4 is 40.1 Å². The fourth-order valence-corrected chi connectivity index (χ4v) is 3.70. The van der Waals surface area contributed by atoms with Crippen LogP contribution < -0.4 is 4.90 Å². The zero-order valence-corrected chi connectivity index (χ0v) is 18.3. The van der Waals surface area contributed by atoms with Gasteiger partial charge in [0.2, 0.25) is 0 Å². The van der Waals surface area contributed by atoms with E-state index in [0.717, 1.165) is 26.9 Å². The number of likely N-dealkylation sites (N-methyl/N-ethyl adjacent to an activating group) is 1. The first-order chi connectivity index (χ1) is 14.4. The molecule has 0 fully saturated rings. The number of nitrogens with zero attached hydrogens (tertiary/aromatic N) is 2. The fourth-order valence-electron chi connectivity index (χ4n) is 2.96. The second-order valence-corrected chi connectivity index (χ2v) is 8.32. The van der Waals surface area contributed by atoms with Crippen molar-refractivity contribution < 1.29 is 14.3 Å². The lowest BCUT2D eigenvalue weighted by Gasteiger charge is -2.18. The van der Waals surface area contributed by atoms with E-state index in [9.17, 15) is 9.59 Å². The highest BCUT2D eigenvalue weighted by Crippen LogP contribution is 2.23. The van der Waals surface area contributed by atoms with Crippen molar-refractivity contribution in [2.75, 3.05) is 38.4 Å². The molecule has 1 amide bonds. The SMILES string of the molecule is CN(Cc1ccc(N(C)C)cc1)C(=O)COC(=O)CSc1ccc2ccccc2c1. The molecule has 6 heteroatoms. The van der Waals surface area contributed by atoms with Gasteiger partial charge in [0.1, 0.15) is 0 Å². The van der Waals surface area contributed by atoms with E-state index in [1.54, 1.807) is 11.9 Å². The van der Waals surface area contributed by atoms with Crippen molar-refractivity contribution in [3.63, 3.8) is 0 Å². The van der Waals surface area contributed by atoms with Gasteiger partial charge in [0.05, 0.1) is 5.75 Å². The largest absolute Gasteiger partial charge is 0.455 e. The molecule has 0 spiro atoms. The van der Waals surface area contributed by atoms with Gasteiger partial charge in [0.15, 0.2) is 6.61 Å². The van der Waals surface area contributed by atoms with Crippen LogP contribution in [0, 0.1) is 0 Å². The summed E-state index contributed by atoms with van der Waals surface area (Å²) in [6, 6.07) is 22.2. The third-order valence-corrected chi connectivity index (χ3v) is 5.70. The van der Waals surface area contributed by atoms with Gasteiger partial charge in [0, 0.05) is 38.3 Å². The molecule has 5 nitrogen and oxygen atoms in total. The number of hydrogen-bond donors (Lipinski definition) is 0. The monoisotopic (exact) mass is 422 g/mol. The molecule has 156 valence electrons. The molecule has 0 aromatic heterocycles. The number of esters is 1. The minimum atomic E-state index is -0.398. The number of carbonyl (C=O) groups excluding carboxylic acids is 2. The highest BCUT2D eigenvalue weighted by atomic mass is 32.2. The van der Waals surface area contributed by atoms with Crippen molar-refractivity contribution in [1.29, 1.82) is 0 Å². The molecule has 0 saturated heterocycles. The first-order valence-electron chi connectivity index (χ1n) is 9.70. The Hall–Kier alpha value is -2.99. The van der Waals surface area contributed by atoms with Gasteiger partial charge in [-0.1, -0.05) is 42.5 Å². The number of rotatable bonds is 8. The van der Waals surface area contributed by atoms with E-state index in [2.05, 4.69) is 6.07 Å². The molecule has 0 aliphatic heterocycles. The van der Waals surface area contributed by atoms with Crippen molar-refractivity contribution in [3.8, 4) is 0 Å². The minimum absolute atomic E-state index is 0.168. The summed E-state index contributed by atoms with van der Waals surface area (Å²) in [6.07, 6.45) is 0. The topological polar surface area (TPSA) is 49.9 Å². The number of carbonyl (C=O) groups is 2. The molecule has 3 aromatic rings. The minimum Gasteiger partial charge on any atom is -0.455 e. The molecular formula is C24H26N2O3S. The van der Waals surface area contributed by atoms with Gasteiger partial charge in [-0.05, 0) is 40.6 Å². The summed E-state index contributed by atoms with van der Waals surface area (Å²) < 4.78 is 5.16. The van der Waals surface area contributed by atoms with Crippen molar-refractivity contribution in [1.82, 2.24) is 4.90 Å². The molecule has 30 heavy (non-hydrogen) atoms. The van der Waals surface area contributed by atoms with Crippen molar-refractivity contribution in [2.24, 2.45) is 0 Å². The summed E-state index contributed by atoms with van der Waals surface area (Å²) in [6.45, 7) is 0.222. The molecule has 0 aliphatic carbocycles. The lowest BCUT2D eigenvalue weighted by Crippen LogP contribution is -2.31. The summed E-state index contributed by atoms with van der Waals surface area (Å²) in [7, 11) is 5.68. The number of hydrogen-bond acceptors (Lipinski definition) is 5. The van der Waals surface area contributed by atoms with Crippen LogP contribution in [0.1, 0.15) is 5.56 Å². The van der Waals surface area contributed by atoms with Crippen LogP contribution in [0.3, 0.4) is 0 Å². The van der Waals surface area contributed by atoms with E-state index >= 15 is 0 Å². The zero-order valence-electron chi connectivity index (χ0n) is 17.5. The molecular weight excluding hydrogens is 396 g/mol. The molecule has 0 unspecified atom stereocenters. The summed E-state index contributed by atoms with van der Waals surface area (Å²) >= 11 is 1.41. The van der Waals surface area contributed by atoms with Crippen LogP contribution in [0.2, 0.25) is 0 Å². The molecule has 3 aromatic carbocycles. The van der Waals surface area contributed by atoms with E-state index in [-0.39, 0.29) is 18.3 Å². The molecule has 0 radical (unpaired) electrons. The number of thioether (sulfide) groups is 1. The van der Waals surface area contributed by atoms with Crippen molar-refractivity contribution in [3.05, 3.63) is 72.3 Å². The third kappa shape index (κ3) is 6.00. The number of benzene rings is 3. The second-order valence-electron chi connectivity index (χ2n) is 7.27. The summed E-state index contributed by atoms with van der Waals surface area (Å²) in [5, 5.41) is 2.29. The van der Waals surface area contributed by atoms with Crippen LogP contribution in [0.5, 0.6) is 0 Å². The average Bonchev–Trinajstić information content (AvgIpc) is 2.76. The van der Waals surface area contributed by atoms with E-state index < -0.39 is 5.97 Å². The van der Waals surface area contributed by atoms with Gasteiger partial charge in [0.25, 0.3) is 5.91 Å². The van der Waals surface area contributed by atoms with E-state index in [4.69, 9.17) is 4.74 Å². The maximum absolute atomic E-state index is 12.3. The molecule has 0 heterocycles. The molecule has 0 bridgehead atoms. The lowest BCUT2D eigenvalue weighted by atomic mass is 10.1. The summed E-state index contributed by atoms with van der Waals surface area (Å²) in [4.78, 5) is 28.9. The van der Waals surface area contributed by atoms with E-state index in [1.165, 1.54) is 11.8 Å². The normalized spacial score (nSPS) is 10.6.